The summed E-state index contributed by atoms with van der Waals surface area (Å²) in [6, 6.07) is 28.6. The van der Waals surface area contributed by atoms with Gasteiger partial charge in [0.25, 0.3) is 5.56 Å². The van der Waals surface area contributed by atoms with Crippen molar-refractivity contribution in [3.05, 3.63) is 135 Å². The van der Waals surface area contributed by atoms with E-state index in [1.165, 1.54) is 16.8 Å². The van der Waals surface area contributed by atoms with E-state index in [4.69, 9.17) is 9.47 Å². The number of aliphatic hydroxyl groups is 1. The molecular weight excluding hydrogens is 482 g/mol. The summed E-state index contributed by atoms with van der Waals surface area (Å²) in [4.78, 5) is 27.5. The topological polar surface area (TPSA) is 106 Å². The van der Waals surface area contributed by atoms with Crippen molar-refractivity contribution in [2.75, 3.05) is 13.7 Å². The Morgan fingerprint density at radius 3 is 2.21 bits per heavy atom. The second-order valence-electron chi connectivity index (χ2n) is 9.49. The quantitative estimate of drug-likeness (QED) is 0.318. The van der Waals surface area contributed by atoms with Crippen molar-refractivity contribution in [2.45, 2.75) is 36.8 Å². The van der Waals surface area contributed by atoms with Gasteiger partial charge in [0.2, 0.25) is 0 Å². The van der Waals surface area contributed by atoms with Crippen molar-refractivity contribution in [1.82, 2.24) is 14.9 Å². The molecule has 0 aliphatic carbocycles. The van der Waals surface area contributed by atoms with E-state index in [9.17, 15) is 14.7 Å². The highest BCUT2D eigenvalue weighted by molar-refractivity contribution is 5.36. The number of aliphatic hydroxyl groups excluding tert-OH is 1. The van der Waals surface area contributed by atoms with Crippen LogP contribution in [0.2, 0.25) is 0 Å². The molecule has 1 aliphatic heterocycles. The zero-order valence-electron chi connectivity index (χ0n) is 21.1. The van der Waals surface area contributed by atoms with Crippen molar-refractivity contribution < 1.29 is 14.6 Å². The van der Waals surface area contributed by atoms with E-state index in [1.54, 1.807) is 7.11 Å². The number of H-pyrrole nitrogens is 1. The molecule has 0 radical (unpaired) electrons. The molecule has 0 unspecified atom stereocenters. The second kappa shape index (κ2) is 11.2. The SMILES string of the molecule is COc1ccc(CNC[C@H]2O[C@@](C(c3ccccc3)c3ccccc3)(n3ccc(=O)[nH]c3=O)C[C@@H]2O)cc1. The van der Waals surface area contributed by atoms with Gasteiger partial charge >= 0.3 is 5.69 Å². The Morgan fingerprint density at radius 1 is 1.00 bits per heavy atom. The van der Waals surface area contributed by atoms with Crippen LogP contribution in [0.25, 0.3) is 0 Å². The van der Waals surface area contributed by atoms with Crippen LogP contribution in [0.4, 0.5) is 0 Å². The van der Waals surface area contributed by atoms with E-state index in [0.717, 1.165) is 22.4 Å². The van der Waals surface area contributed by atoms with Gasteiger partial charge in [-0.15, -0.1) is 0 Å². The minimum Gasteiger partial charge on any atom is -0.497 e. The molecule has 3 atom stereocenters. The number of methoxy groups -OCH3 is 1. The fourth-order valence-electron chi connectivity index (χ4n) is 5.30. The summed E-state index contributed by atoms with van der Waals surface area (Å²) in [5.74, 6) is 0.349. The molecule has 1 aromatic heterocycles. The van der Waals surface area contributed by atoms with Gasteiger partial charge in [0, 0.05) is 31.8 Å². The van der Waals surface area contributed by atoms with Crippen LogP contribution >= 0.6 is 0 Å². The molecule has 3 aromatic carbocycles. The molecule has 3 N–H and O–H groups in total. The zero-order chi connectivity index (χ0) is 26.5. The first-order valence-electron chi connectivity index (χ1n) is 12.6. The summed E-state index contributed by atoms with van der Waals surface area (Å²) in [6.45, 7) is 0.937. The van der Waals surface area contributed by atoms with Crippen molar-refractivity contribution in [2.24, 2.45) is 0 Å². The molecule has 1 aliphatic rings. The van der Waals surface area contributed by atoms with Gasteiger partial charge in [0.05, 0.1) is 25.2 Å². The lowest BCUT2D eigenvalue weighted by molar-refractivity contribution is -0.115. The number of rotatable bonds is 9. The molecule has 0 saturated carbocycles. The third-order valence-corrected chi connectivity index (χ3v) is 7.07. The number of nitrogens with one attached hydrogen (secondary N) is 2. The predicted octanol–water partition coefficient (Wildman–Crippen LogP) is 2.97. The lowest BCUT2D eigenvalue weighted by Gasteiger charge is -2.39. The highest BCUT2D eigenvalue weighted by Crippen LogP contribution is 2.48. The molecule has 8 nitrogen and oxygen atoms in total. The van der Waals surface area contributed by atoms with Gasteiger partial charge in [-0.3, -0.25) is 14.3 Å². The lowest BCUT2D eigenvalue weighted by atomic mass is 9.80. The smallest absolute Gasteiger partial charge is 0.330 e. The van der Waals surface area contributed by atoms with Gasteiger partial charge in [-0.25, -0.2) is 4.79 Å². The van der Waals surface area contributed by atoms with Crippen LogP contribution in [0, 0.1) is 0 Å². The third kappa shape index (κ3) is 5.19. The summed E-state index contributed by atoms with van der Waals surface area (Å²) < 4.78 is 13.4. The zero-order valence-corrected chi connectivity index (χ0v) is 21.1. The fourth-order valence-corrected chi connectivity index (χ4v) is 5.30. The maximum absolute atomic E-state index is 13.2. The van der Waals surface area contributed by atoms with Crippen molar-refractivity contribution >= 4 is 0 Å². The molecule has 0 amide bonds. The number of hydrogen-bond donors (Lipinski definition) is 3. The van der Waals surface area contributed by atoms with Crippen molar-refractivity contribution in [3.8, 4) is 5.75 Å². The Balaban J connectivity index is 1.51. The lowest BCUT2D eigenvalue weighted by Crippen LogP contribution is -2.48. The molecule has 5 rings (SSSR count). The molecule has 2 heterocycles. The Morgan fingerprint density at radius 2 is 1.63 bits per heavy atom. The van der Waals surface area contributed by atoms with E-state index in [0.29, 0.717) is 13.1 Å². The van der Waals surface area contributed by atoms with E-state index in [1.807, 2.05) is 84.9 Å². The first-order chi connectivity index (χ1) is 18.5. The standard InChI is InChI=1S/C30H31N3O5/c1-37-24-14-12-21(13-15-24)19-31-20-26-25(34)18-30(38-26,33-17-16-27(35)32-29(33)36)28(22-8-4-2-5-9-22)23-10-6-3-7-11-23/h2-17,25-26,28,31,34H,18-20H2,1H3,(H,32,35,36)/t25-,26+,30-/m0/s1. The van der Waals surface area contributed by atoms with Gasteiger partial charge in [0.1, 0.15) is 5.75 Å². The van der Waals surface area contributed by atoms with Crippen LogP contribution in [0.5, 0.6) is 5.75 Å². The minimum absolute atomic E-state index is 0.155. The monoisotopic (exact) mass is 513 g/mol. The highest BCUT2D eigenvalue weighted by atomic mass is 16.6. The average Bonchev–Trinajstić information content (AvgIpc) is 3.26. The molecule has 196 valence electrons. The Kier molecular flexibility index (Phi) is 7.55. The normalized spacial score (nSPS) is 21.0. The number of aromatic nitrogens is 2. The maximum atomic E-state index is 13.2. The minimum atomic E-state index is -1.28. The molecule has 0 bridgehead atoms. The second-order valence-corrected chi connectivity index (χ2v) is 9.49. The van der Waals surface area contributed by atoms with Crippen LogP contribution in [0.1, 0.15) is 29.0 Å². The molecule has 8 heteroatoms. The predicted molar refractivity (Wildman–Crippen MR) is 144 cm³/mol. The summed E-state index contributed by atoms with van der Waals surface area (Å²) in [5, 5.41) is 14.6. The van der Waals surface area contributed by atoms with Crippen LogP contribution in [0.3, 0.4) is 0 Å². The summed E-state index contributed by atoms with van der Waals surface area (Å²) >= 11 is 0. The van der Waals surface area contributed by atoms with Crippen LogP contribution < -0.4 is 21.3 Å². The largest absolute Gasteiger partial charge is 0.497 e. The number of hydrogen-bond acceptors (Lipinski definition) is 6. The number of ether oxygens (including phenoxy) is 2. The molecule has 4 aromatic rings. The van der Waals surface area contributed by atoms with E-state index in [2.05, 4.69) is 10.3 Å². The fraction of sp³-hybridized carbons (Fsp3) is 0.267. The summed E-state index contributed by atoms with van der Waals surface area (Å²) in [5.41, 5.74) is 0.553. The van der Waals surface area contributed by atoms with Crippen LogP contribution in [-0.2, 0) is 17.0 Å². The van der Waals surface area contributed by atoms with Gasteiger partial charge < -0.3 is 19.9 Å². The number of nitrogens with zero attached hydrogens (tertiary/aromatic N) is 1. The van der Waals surface area contributed by atoms with Gasteiger partial charge in [-0.2, -0.15) is 0 Å². The average molecular weight is 514 g/mol. The summed E-state index contributed by atoms with van der Waals surface area (Å²) in [6.07, 6.45) is 0.163. The van der Waals surface area contributed by atoms with Crippen molar-refractivity contribution in [3.63, 3.8) is 0 Å². The van der Waals surface area contributed by atoms with E-state index in [-0.39, 0.29) is 6.42 Å². The molecule has 38 heavy (non-hydrogen) atoms. The van der Waals surface area contributed by atoms with Crippen molar-refractivity contribution in [1.29, 1.82) is 0 Å². The van der Waals surface area contributed by atoms with E-state index >= 15 is 0 Å². The number of aromatic amines is 1. The maximum Gasteiger partial charge on any atom is 0.330 e. The molecule has 1 fully saturated rings. The first kappa shape index (κ1) is 25.7. The molecule has 1 saturated heterocycles. The van der Waals surface area contributed by atoms with E-state index < -0.39 is 35.1 Å². The first-order valence-corrected chi connectivity index (χ1v) is 12.6. The Bertz CT molecular complexity index is 1410. The molecular formula is C30H31N3O5. The highest BCUT2D eigenvalue weighted by Gasteiger charge is 2.53. The number of benzene rings is 3. The third-order valence-electron chi connectivity index (χ3n) is 7.07. The van der Waals surface area contributed by atoms with Gasteiger partial charge in [-0.1, -0.05) is 72.8 Å². The Labute approximate surface area is 220 Å². The molecule has 0 spiro atoms. The summed E-state index contributed by atoms with van der Waals surface area (Å²) in [7, 11) is 1.63. The van der Waals surface area contributed by atoms with Gasteiger partial charge in [0.15, 0.2) is 5.72 Å². The van der Waals surface area contributed by atoms with Gasteiger partial charge in [-0.05, 0) is 28.8 Å². The Hall–Kier alpha value is -3.98. The van der Waals surface area contributed by atoms with Crippen LogP contribution in [0.15, 0.2) is 107 Å². The van der Waals surface area contributed by atoms with Crippen LogP contribution in [-0.4, -0.2) is 40.5 Å².